The quantitative estimate of drug-likeness (QED) is 0.690. The summed E-state index contributed by atoms with van der Waals surface area (Å²) in [6.07, 6.45) is 2.00. The predicted molar refractivity (Wildman–Crippen MR) is 67.2 cm³/mol. The summed E-state index contributed by atoms with van der Waals surface area (Å²) in [7, 11) is -2.80. The maximum atomic E-state index is 11.4. The molecule has 1 aliphatic heterocycles. The molecule has 1 unspecified atom stereocenters. The summed E-state index contributed by atoms with van der Waals surface area (Å²) in [4.78, 5) is 0. The summed E-state index contributed by atoms with van der Waals surface area (Å²) in [5.41, 5.74) is 0. The fourth-order valence-corrected chi connectivity index (χ4v) is 4.26. The Morgan fingerprint density at radius 2 is 2.20 bits per heavy atom. The van der Waals surface area contributed by atoms with E-state index in [-0.39, 0.29) is 0 Å². The molecule has 0 aromatic heterocycles. The Morgan fingerprint density at radius 3 is 2.80 bits per heavy atom. The van der Waals surface area contributed by atoms with E-state index < -0.39 is 9.84 Å². The SMILES string of the molecule is CCCS(=O)(=O)CCNCC1CCSC1. The lowest BCUT2D eigenvalue weighted by Gasteiger charge is -2.09. The van der Waals surface area contributed by atoms with Gasteiger partial charge in [0.25, 0.3) is 0 Å². The van der Waals surface area contributed by atoms with Crippen LogP contribution in [-0.4, -0.2) is 44.5 Å². The van der Waals surface area contributed by atoms with Gasteiger partial charge < -0.3 is 5.32 Å². The molecule has 1 atom stereocenters. The van der Waals surface area contributed by atoms with Crippen molar-refractivity contribution >= 4 is 21.6 Å². The highest BCUT2D eigenvalue weighted by molar-refractivity contribution is 7.99. The lowest BCUT2D eigenvalue weighted by atomic mass is 10.1. The monoisotopic (exact) mass is 251 g/mol. The van der Waals surface area contributed by atoms with Crippen LogP contribution in [0.25, 0.3) is 0 Å². The normalized spacial score (nSPS) is 22.1. The van der Waals surface area contributed by atoms with Gasteiger partial charge in [0.2, 0.25) is 0 Å². The molecule has 1 saturated heterocycles. The molecule has 0 saturated carbocycles. The van der Waals surface area contributed by atoms with Crippen LogP contribution < -0.4 is 5.32 Å². The van der Waals surface area contributed by atoms with Crippen LogP contribution in [0.5, 0.6) is 0 Å². The van der Waals surface area contributed by atoms with Gasteiger partial charge in [-0.05, 0) is 36.8 Å². The molecule has 0 aromatic carbocycles. The molecule has 0 aliphatic carbocycles. The third kappa shape index (κ3) is 5.78. The fourth-order valence-electron chi connectivity index (χ4n) is 1.69. The summed E-state index contributed by atoms with van der Waals surface area (Å²) in [5, 5.41) is 3.25. The minimum absolute atomic E-state index is 0.292. The topological polar surface area (TPSA) is 46.2 Å². The van der Waals surface area contributed by atoms with Crippen LogP contribution in [0, 0.1) is 5.92 Å². The van der Waals surface area contributed by atoms with Crippen LogP contribution >= 0.6 is 11.8 Å². The molecule has 15 heavy (non-hydrogen) atoms. The van der Waals surface area contributed by atoms with Crippen LogP contribution in [0.2, 0.25) is 0 Å². The Labute approximate surface area is 97.3 Å². The molecule has 5 heteroatoms. The van der Waals surface area contributed by atoms with Gasteiger partial charge in [-0.15, -0.1) is 0 Å². The number of thioether (sulfide) groups is 1. The molecule has 1 heterocycles. The van der Waals surface area contributed by atoms with E-state index in [2.05, 4.69) is 5.32 Å². The average Bonchev–Trinajstić information content (AvgIpc) is 2.65. The first-order valence-corrected chi connectivity index (χ1v) is 8.60. The van der Waals surface area contributed by atoms with Gasteiger partial charge in [-0.2, -0.15) is 11.8 Å². The van der Waals surface area contributed by atoms with Gasteiger partial charge in [-0.3, -0.25) is 0 Å². The fraction of sp³-hybridized carbons (Fsp3) is 1.00. The molecule has 1 fully saturated rings. The van der Waals surface area contributed by atoms with Crippen molar-refractivity contribution in [3.8, 4) is 0 Å². The van der Waals surface area contributed by atoms with Crippen molar-refractivity contribution in [3.63, 3.8) is 0 Å². The molecule has 90 valence electrons. The van der Waals surface area contributed by atoms with E-state index in [9.17, 15) is 8.42 Å². The molecule has 0 amide bonds. The van der Waals surface area contributed by atoms with E-state index in [4.69, 9.17) is 0 Å². The number of hydrogen-bond acceptors (Lipinski definition) is 4. The third-order valence-corrected chi connectivity index (χ3v) is 5.65. The van der Waals surface area contributed by atoms with E-state index in [0.717, 1.165) is 18.9 Å². The van der Waals surface area contributed by atoms with Gasteiger partial charge >= 0.3 is 0 Å². The highest BCUT2D eigenvalue weighted by atomic mass is 32.2. The van der Waals surface area contributed by atoms with Gasteiger partial charge in [-0.25, -0.2) is 8.42 Å². The number of sulfone groups is 1. The summed E-state index contributed by atoms with van der Waals surface area (Å²) in [6, 6.07) is 0. The van der Waals surface area contributed by atoms with Crippen molar-refractivity contribution in [1.82, 2.24) is 5.32 Å². The van der Waals surface area contributed by atoms with Crippen LogP contribution in [0.1, 0.15) is 19.8 Å². The second kappa shape index (κ2) is 6.76. The summed E-state index contributed by atoms with van der Waals surface area (Å²) < 4.78 is 22.8. The second-order valence-electron chi connectivity index (χ2n) is 4.09. The predicted octanol–water partition coefficient (Wildman–Crippen LogP) is 1.15. The lowest BCUT2D eigenvalue weighted by molar-refractivity contribution is 0.531. The molecule has 0 radical (unpaired) electrons. The minimum Gasteiger partial charge on any atom is -0.315 e. The van der Waals surface area contributed by atoms with E-state index in [1.165, 1.54) is 17.9 Å². The number of nitrogens with one attached hydrogen (secondary N) is 1. The van der Waals surface area contributed by atoms with Crippen molar-refractivity contribution < 1.29 is 8.42 Å². The number of hydrogen-bond donors (Lipinski definition) is 1. The van der Waals surface area contributed by atoms with Crippen LogP contribution in [0.15, 0.2) is 0 Å². The highest BCUT2D eigenvalue weighted by Gasteiger charge is 2.15. The van der Waals surface area contributed by atoms with E-state index in [0.29, 0.717) is 18.1 Å². The van der Waals surface area contributed by atoms with Gasteiger partial charge in [0.1, 0.15) is 0 Å². The maximum Gasteiger partial charge on any atom is 0.151 e. The van der Waals surface area contributed by atoms with Crippen molar-refractivity contribution in [3.05, 3.63) is 0 Å². The Balaban J connectivity index is 2.05. The largest absolute Gasteiger partial charge is 0.315 e. The van der Waals surface area contributed by atoms with Gasteiger partial charge in [0.15, 0.2) is 9.84 Å². The Morgan fingerprint density at radius 1 is 1.40 bits per heavy atom. The molecule has 0 spiro atoms. The zero-order valence-corrected chi connectivity index (χ0v) is 11.0. The van der Waals surface area contributed by atoms with Crippen molar-refractivity contribution in [2.75, 3.05) is 36.1 Å². The van der Waals surface area contributed by atoms with Gasteiger partial charge in [-0.1, -0.05) is 6.92 Å². The van der Waals surface area contributed by atoms with Crippen LogP contribution in [0.4, 0.5) is 0 Å². The lowest BCUT2D eigenvalue weighted by Crippen LogP contribution is -2.28. The summed E-state index contributed by atoms with van der Waals surface area (Å²) in [6.45, 7) is 3.50. The van der Waals surface area contributed by atoms with E-state index in [1.807, 2.05) is 18.7 Å². The molecule has 1 N–H and O–H groups in total. The molecule has 0 aromatic rings. The molecule has 0 bridgehead atoms. The first kappa shape index (κ1) is 13.3. The van der Waals surface area contributed by atoms with Crippen LogP contribution in [0.3, 0.4) is 0 Å². The zero-order chi connectivity index (χ0) is 11.1. The maximum absolute atomic E-state index is 11.4. The number of rotatable bonds is 7. The Hall–Kier alpha value is 0.260. The zero-order valence-electron chi connectivity index (χ0n) is 9.37. The first-order valence-electron chi connectivity index (χ1n) is 5.63. The smallest absolute Gasteiger partial charge is 0.151 e. The highest BCUT2D eigenvalue weighted by Crippen LogP contribution is 2.22. The van der Waals surface area contributed by atoms with Crippen molar-refractivity contribution in [1.29, 1.82) is 0 Å². The van der Waals surface area contributed by atoms with Crippen LogP contribution in [-0.2, 0) is 9.84 Å². The Bertz CT molecular complexity index is 259. The standard InChI is InChI=1S/C10H21NO2S2/c1-2-6-15(12,13)7-4-11-8-10-3-5-14-9-10/h10-11H,2-9H2,1H3. The summed E-state index contributed by atoms with van der Waals surface area (Å²) in [5.74, 6) is 3.87. The molecule has 1 rings (SSSR count). The van der Waals surface area contributed by atoms with Gasteiger partial charge in [0, 0.05) is 12.3 Å². The minimum atomic E-state index is -2.80. The third-order valence-electron chi connectivity index (χ3n) is 2.56. The summed E-state index contributed by atoms with van der Waals surface area (Å²) >= 11 is 2.00. The second-order valence-corrected chi connectivity index (χ2v) is 7.54. The molecular formula is C10H21NO2S2. The molecule has 3 nitrogen and oxygen atoms in total. The van der Waals surface area contributed by atoms with Crippen molar-refractivity contribution in [2.24, 2.45) is 5.92 Å². The molecular weight excluding hydrogens is 230 g/mol. The average molecular weight is 251 g/mol. The van der Waals surface area contributed by atoms with Crippen molar-refractivity contribution in [2.45, 2.75) is 19.8 Å². The molecule has 1 aliphatic rings. The van der Waals surface area contributed by atoms with E-state index in [1.54, 1.807) is 0 Å². The first-order chi connectivity index (χ1) is 7.14. The Kier molecular flexibility index (Phi) is 6.00. The van der Waals surface area contributed by atoms with Gasteiger partial charge in [0.05, 0.1) is 5.75 Å². The van der Waals surface area contributed by atoms with E-state index >= 15 is 0 Å².